The number of halogens is 1. The summed E-state index contributed by atoms with van der Waals surface area (Å²) in [5, 5.41) is 5.63. The molecule has 3 nitrogen and oxygen atoms in total. The van der Waals surface area contributed by atoms with Crippen LogP contribution in [0, 0.1) is 13.8 Å². The minimum absolute atomic E-state index is 0.0483. The molecule has 0 fully saturated rings. The zero-order valence-corrected chi connectivity index (χ0v) is 17.0. The number of nitrogens with zero attached hydrogens (tertiary/aromatic N) is 1. The summed E-state index contributed by atoms with van der Waals surface area (Å²) >= 11 is 9.14. The van der Waals surface area contributed by atoms with Gasteiger partial charge in [0, 0.05) is 21.8 Å². The molecule has 0 saturated carbocycles. The maximum absolute atomic E-state index is 12.2. The van der Waals surface area contributed by atoms with Crippen LogP contribution >= 0.6 is 34.7 Å². The van der Waals surface area contributed by atoms with Gasteiger partial charge in [-0.1, -0.05) is 41.6 Å². The molecule has 3 aromatic rings. The third kappa shape index (κ3) is 5.34. The predicted octanol–water partition coefficient (Wildman–Crippen LogP) is 5.89. The Hall–Kier alpha value is -1.82. The van der Waals surface area contributed by atoms with E-state index in [1.54, 1.807) is 23.1 Å². The number of anilines is 1. The smallest absolute Gasteiger partial charge is 0.230 e. The fourth-order valence-corrected chi connectivity index (χ4v) is 4.28. The molecule has 0 bridgehead atoms. The number of aryl methyl sites for hydroxylation is 2. The van der Waals surface area contributed by atoms with Crippen LogP contribution in [0.2, 0.25) is 5.02 Å². The molecule has 1 N–H and O–H groups in total. The number of carbonyl (C=O) groups is 1. The summed E-state index contributed by atoms with van der Waals surface area (Å²) in [5.41, 5.74) is 5.20. The van der Waals surface area contributed by atoms with Crippen molar-refractivity contribution in [2.24, 2.45) is 0 Å². The Morgan fingerprint density at radius 1 is 1.15 bits per heavy atom. The van der Waals surface area contributed by atoms with Crippen molar-refractivity contribution >= 4 is 46.3 Å². The van der Waals surface area contributed by atoms with E-state index in [2.05, 4.69) is 17.2 Å². The molecule has 26 heavy (non-hydrogen) atoms. The maximum Gasteiger partial charge on any atom is 0.230 e. The van der Waals surface area contributed by atoms with Crippen LogP contribution in [-0.4, -0.2) is 10.9 Å². The Bertz CT molecular complexity index is 906. The van der Waals surface area contributed by atoms with E-state index in [1.165, 1.54) is 11.1 Å². The van der Waals surface area contributed by atoms with Crippen molar-refractivity contribution < 1.29 is 4.79 Å². The van der Waals surface area contributed by atoms with Gasteiger partial charge in [-0.15, -0.1) is 11.3 Å². The quantitative estimate of drug-likeness (QED) is 0.523. The van der Waals surface area contributed by atoms with E-state index in [-0.39, 0.29) is 12.3 Å². The van der Waals surface area contributed by atoms with E-state index in [1.807, 2.05) is 54.8 Å². The molecule has 0 aliphatic carbocycles. The highest BCUT2D eigenvalue weighted by atomic mass is 35.5. The molecule has 3 rings (SSSR count). The molecule has 1 amide bonds. The Labute approximate surface area is 166 Å². The predicted molar refractivity (Wildman–Crippen MR) is 111 cm³/mol. The van der Waals surface area contributed by atoms with E-state index >= 15 is 0 Å². The van der Waals surface area contributed by atoms with Crippen molar-refractivity contribution in [1.29, 1.82) is 0 Å². The number of thioether (sulfide) groups is 1. The standard InChI is InChI=1S/C20H19ClN2OS2/c1-13-3-8-17(9-14(13)2)22-19(24)10-18-12-26-20(23-18)25-11-15-4-6-16(21)7-5-15/h3-9,12H,10-11H2,1-2H3,(H,22,24). The van der Waals surface area contributed by atoms with Crippen LogP contribution < -0.4 is 5.32 Å². The van der Waals surface area contributed by atoms with Gasteiger partial charge in [-0.25, -0.2) is 4.98 Å². The SMILES string of the molecule is Cc1ccc(NC(=O)Cc2csc(SCc3ccc(Cl)cc3)n2)cc1C. The fourth-order valence-electron chi connectivity index (χ4n) is 2.35. The van der Waals surface area contributed by atoms with Gasteiger partial charge < -0.3 is 5.32 Å². The lowest BCUT2D eigenvalue weighted by atomic mass is 10.1. The van der Waals surface area contributed by atoms with Gasteiger partial charge in [-0.05, 0) is 54.8 Å². The summed E-state index contributed by atoms with van der Waals surface area (Å²) in [7, 11) is 0. The van der Waals surface area contributed by atoms with Gasteiger partial charge in [0.05, 0.1) is 12.1 Å². The minimum Gasteiger partial charge on any atom is -0.326 e. The van der Waals surface area contributed by atoms with Crippen LogP contribution in [0.4, 0.5) is 5.69 Å². The summed E-state index contributed by atoms with van der Waals surface area (Å²) < 4.78 is 0.967. The fraction of sp³-hybridized carbons (Fsp3) is 0.200. The van der Waals surface area contributed by atoms with Crippen molar-refractivity contribution in [2.45, 2.75) is 30.4 Å². The number of aromatic nitrogens is 1. The largest absolute Gasteiger partial charge is 0.326 e. The lowest BCUT2D eigenvalue weighted by Crippen LogP contribution is -2.14. The van der Waals surface area contributed by atoms with Crippen molar-refractivity contribution in [1.82, 2.24) is 4.98 Å². The van der Waals surface area contributed by atoms with Crippen LogP contribution in [-0.2, 0) is 17.0 Å². The molecule has 0 radical (unpaired) electrons. The van der Waals surface area contributed by atoms with Crippen LogP contribution in [0.5, 0.6) is 0 Å². The Morgan fingerprint density at radius 2 is 1.92 bits per heavy atom. The first-order chi connectivity index (χ1) is 12.5. The van der Waals surface area contributed by atoms with Gasteiger partial charge in [-0.2, -0.15) is 0 Å². The molecule has 0 aliphatic heterocycles. The van der Waals surface area contributed by atoms with E-state index in [9.17, 15) is 4.79 Å². The van der Waals surface area contributed by atoms with Crippen LogP contribution in [0.1, 0.15) is 22.4 Å². The Balaban J connectivity index is 1.53. The summed E-state index contributed by atoms with van der Waals surface area (Å²) in [4.78, 5) is 16.8. The lowest BCUT2D eigenvalue weighted by Gasteiger charge is -2.06. The van der Waals surface area contributed by atoms with Crippen molar-refractivity contribution in [3.05, 3.63) is 75.3 Å². The topological polar surface area (TPSA) is 42.0 Å². The molecular weight excluding hydrogens is 384 g/mol. The molecule has 0 aliphatic rings. The molecule has 1 heterocycles. The van der Waals surface area contributed by atoms with Gasteiger partial charge in [0.25, 0.3) is 0 Å². The second-order valence-electron chi connectivity index (χ2n) is 6.04. The van der Waals surface area contributed by atoms with Gasteiger partial charge in [0.15, 0.2) is 0 Å². The Kier molecular flexibility index (Phi) is 6.35. The highest BCUT2D eigenvalue weighted by Crippen LogP contribution is 2.27. The third-order valence-electron chi connectivity index (χ3n) is 3.94. The van der Waals surface area contributed by atoms with Crippen LogP contribution in [0.3, 0.4) is 0 Å². The number of benzene rings is 2. The molecule has 6 heteroatoms. The maximum atomic E-state index is 12.2. The number of carbonyl (C=O) groups excluding carboxylic acids is 1. The average Bonchev–Trinajstić information content (AvgIpc) is 3.05. The van der Waals surface area contributed by atoms with Gasteiger partial charge >= 0.3 is 0 Å². The molecular formula is C20H19ClN2OS2. The van der Waals surface area contributed by atoms with Crippen molar-refractivity contribution in [3.63, 3.8) is 0 Å². The number of hydrogen-bond donors (Lipinski definition) is 1. The molecule has 1 aromatic heterocycles. The van der Waals surface area contributed by atoms with E-state index in [0.29, 0.717) is 0 Å². The molecule has 0 unspecified atom stereocenters. The van der Waals surface area contributed by atoms with Crippen LogP contribution in [0.15, 0.2) is 52.2 Å². The highest BCUT2D eigenvalue weighted by molar-refractivity contribution is 8.00. The lowest BCUT2D eigenvalue weighted by molar-refractivity contribution is -0.115. The zero-order chi connectivity index (χ0) is 18.5. The highest BCUT2D eigenvalue weighted by Gasteiger charge is 2.09. The number of rotatable bonds is 6. The van der Waals surface area contributed by atoms with E-state index < -0.39 is 0 Å². The summed E-state index contributed by atoms with van der Waals surface area (Å²) in [6.07, 6.45) is 0.283. The summed E-state index contributed by atoms with van der Waals surface area (Å²) in [6.45, 7) is 4.09. The zero-order valence-electron chi connectivity index (χ0n) is 14.6. The number of hydrogen-bond acceptors (Lipinski definition) is 4. The Morgan fingerprint density at radius 3 is 2.65 bits per heavy atom. The third-order valence-corrected chi connectivity index (χ3v) is 6.33. The molecule has 2 aromatic carbocycles. The summed E-state index contributed by atoms with van der Waals surface area (Å²) in [6, 6.07) is 13.7. The van der Waals surface area contributed by atoms with Gasteiger partial charge in [0.2, 0.25) is 5.91 Å². The summed E-state index contributed by atoms with van der Waals surface area (Å²) in [5.74, 6) is 0.784. The van der Waals surface area contributed by atoms with E-state index in [0.717, 1.165) is 32.1 Å². The second-order valence-corrected chi connectivity index (χ2v) is 8.56. The number of amides is 1. The molecule has 0 atom stereocenters. The van der Waals surface area contributed by atoms with Gasteiger partial charge in [0.1, 0.15) is 4.34 Å². The van der Waals surface area contributed by atoms with Crippen molar-refractivity contribution in [2.75, 3.05) is 5.32 Å². The number of thiazole rings is 1. The number of nitrogens with one attached hydrogen (secondary N) is 1. The molecule has 0 spiro atoms. The normalized spacial score (nSPS) is 10.7. The first-order valence-corrected chi connectivity index (χ1v) is 10.4. The molecule has 134 valence electrons. The minimum atomic E-state index is -0.0483. The monoisotopic (exact) mass is 402 g/mol. The average molecular weight is 403 g/mol. The second kappa shape index (κ2) is 8.71. The van der Waals surface area contributed by atoms with E-state index in [4.69, 9.17) is 11.6 Å². The first-order valence-electron chi connectivity index (χ1n) is 8.18. The first kappa shape index (κ1) is 19.0. The molecule has 0 saturated heterocycles. The van der Waals surface area contributed by atoms with Gasteiger partial charge in [-0.3, -0.25) is 4.79 Å². The van der Waals surface area contributed by atoms with Crippen LogP contribution in [0.25, 0.3) is 0 Å². The van der Waals surface area contributed by atoms with Crippen molar-refractivity contribution in [3.8, 4) is 0 Å².